The molecule has 0 heterocycles. The van der Waals surface area contributed by atoms with E-state index >= 15 is 0 Å². The number of alkyl halides is 3. The van der Waals surface area contributed by atoms with Crippen molar-refractivity contribution in [2.24, 2.45) is 22.7 Å². The zero-order chi connectivity index (χ0) is 31.4. The van der Waals surface area contributed by atoms with Gasteiger partial charge in [0.25, 0.3) is 5.92 Å². The Morgan fingerprint density at radius 3 is 2.64 bits per heavy atom. The van der Waals surface area contributed by atoms with E-state index in [0.717, 1.165) is 18.5 Å². The van der Waals surface area contributed by atoms with Crippen LogP contribution in [0.5, 0.6) is 0 Å². The third kappa shape index (κ3) is 11.3. The molecule has 0 aliphatic heterocycles. The Balaban J connectivity index is 2.15. The number of nitrogens with zero attached hydrogens (tertiary/aromatic N) is 2. The van der Waals surface area contributed by atoms with Crippen LogP contribution in [0.1, 0.15) is 59.8 Å². The van der Waals surface area contributed by atoms with Gasteiger partial charge in [-0.05, 0) is 55.7 Å². The Morgan fingerprint density at radius 2 is 1.98 bits per heavy atom. The van der Waals surface area contributed by atoms with Crippen LogP contribution in [0.15, 0.2) is 114 Å². The van der Waals surface area contributed by atoms with Crippen LogP contribution >= 0.6 is 11.6 Å². The topological polar surface area (TPSA) is 39.7 Å². The largest absolute Gasteiger partial charge is 0.381 e. The average molecular weight is 599 g/mol. The molecule has 2 rings (SSSR count). The van der Waals surface area contributed by atoms with Crippen LogP contribution in [0.25, 0.3) is 0 Å². The molecule has 7 heteroatoms. The Kier molecular flexibility index (Phi) is 13.8. The fourth-order valence-corrected chi connectivity index (χ4v) is 5.56. The summed E-state index contributed by atoms with van der Waals surface area (Å²) >= 11 is 6.42. The molecule has 2 aliphatic carbocycles. The summed E-state index contributed by atoms with van der Waals surface area (Å²) in [5, 5.41) is 6.86. The first-order valence-electron chi connectivity index (χ1n) is 14.7. The van der Waals surface area contributed by atoms with Crippen molar-refractivity contribution in [3.05, 3.63) is 109 Å². The first-order chi connectivity index (χ1) is 19.8. The predicted octanol–water partition coefficient (Wildman–Crippen LogP) is 9.18. The monoisotopic (exact) mass is 598 g/mol. The smallest absolute Gasteiger partial charge is 0.252 e. The number of rotatable bonds is 13. The molecule has 0 aromatic heterocycles. The van der Waals surface area contributed by atoms with E-state index in [-0.39, 0.29) is 36.6 Å². The summed E-state index contributed by atoms with van der Waals surface area (Å²) in [6.45, 7) is 24.7. The van der Waals surface area contributed by atoms with E-state index in [4.69, 9.17) is 11.6 Å². The molecule has 42 heavy (non-hydrogen) atoms. The van der Waals surface area contributed by atoms with Crippen LogP contribution in [0.4, 0.5) is 8.78 Å². The van der Waals surface area contributed by atoms with Crippen molar-refractivity contribution < 1.29 is 8.78 Å². The number of halogens is 3. The van der Waals surface area contributed by atoms with Crippen LogP contribution in [-0.4, -0.2) is 35.6 Å². The van der Waals surface area contributed by atoms with Crippen LogP contribution < -0.4 is 10.6 Å². The second-order valence-electron chi connectivity index (χ2n) is 11.4. The summed E-state index contributed by atoms with van der Waals surface area (Å²) in [7, 11) is 1.92. The summed E-state index contributed by atoms with van der Waals surface area (Å²) in [6, 6.07) is 0.215. The second-order valence-corrected chi connectivity index (χ2v) is 11.9. The molecular formula is C35H49ClF2N4. The molecule has 0 aromatic rings. The van der Waals surface area contributed by atoms with E-state index in [2.05, 4.69) is 80.9 Å². The van der Waals surface area contributed by atoms with E-state index in [0.29, 0.717) is 40.2 Å². The molecule has 0 saturated heterocycles. The first-order valence-corrected chi connectivity index (χ1v) is 15.2. The van der Waals surface area contributed by atoms with Gasteiger partial charge in [0.2, 0.25) is 0 Å². The van der Waals surface area contributed by atoms with Gasteiger partial charge in [-0.15, -0.1) is 11.6 Å². The maximum Gasteiger partial charge on any atom is 0.252 e. The highest BCUT2D eigenvalue weighted by Gasteiger charge is 2.30. The minimum atomic E-state index is -2.76. The third-order valence-electron chi connectivity index (χ3n) is 7.69. The molecular weight excluding hydrogens is 550 g/mol. The zero-order valence-electron chi connectivity index (χ0n) is 26.0. The van der Waals surface area contributed by atoms with Gasteiger partial charge in [-0.1, -0.05) is 83.5 Å². The van der Waals surface area contributed by atoms with Crippen molar-refractivity contribution in [1.29, 1.82) is 0 Å². The van der Waals surface area contributed by atoms with Crippen LogP contribution in [0, 0.1) is 17.8 Å². The maximum absolute atomic E-state index is 14.0. The molecule has 5 atom stereocenters. The molecule has 2 aliphatic rings. The zero-order valence-corrected chi connectivity index (χ0v) is 26.7. The maximum atomic E-state index is 14.0. The molecule has 0 spiro atoms. The highest BCUT2D eigenvalue weighted by atomic mass is 35.5. The lowest BCUT2D eigenvalue weighted by atomic mass is 9.79. The Bertz CT molecular complexity index is 1170. The predicted molar refractivity (Wildman–Crippen MR) is 177 cm³/mol. The molecule has 5 unspecified atom stereocenters. The summed E-state index contributed by atoms with van der Waals surface area (Å²) in [5.74, 6) is -1.89. The SMILES string of the molecule is C=C1/C=C\C(NC(=C)/C=C(\C(C)/C=C/C)N(C)C=NC(=C)C(=C)NC(CC)C2CC(Cl)C=CC2C)=C/CCC(F)(F)C1. The minimum absolute atomic E-state index is 0.0480. The Morgan fingerprint density at radius 1 is 1.26 bits per heavy atom. The number of aliphatic imine (C=N–C) groups is 1. The fraction of sp³-hybridized carbons (Fsp3) is 0.457. The standard InChI is InChI=1S/C35H49ClF2N4/c1-10-13-26(5)34(20-27(6)40-31-14-12-19-35(37,38)22-24(3)15-18-31)42(9)23-39-28(7)29(8)41-33(11-2)32-21-30(36)17-16-25(32)4/h10,13-18,20,23,25-26,30,32-33,40-41H,3,6-8,11-12,19,21-22H2,1-2,4-5,9H3/b13-10+,18-15-,31-14+,34-20+,39-23?. The van der Waals surface area contributed by atoms with Crippen molar-refractivity contribution in [3.63, 3.8) is 0 Å². The highest BCUT2D eigenvalue weighted by molar-refractivity contribution is 6.21. The lowest BCUT2D eigenvalue weighted by molar-refractivity contribution is -0.00510. The molecule has 0 radical (unpaired) electrons. The van der Waals surface area contributed by atoms with E-state index < -0.39 is 5.92 Å². The van der Waals surface area contributed by atoms with Gasteiger partial charge in [-0.3, -0.25) is 0 Å². The summed E-state index contributed by atoms with van der Waals surface area (Å²) in [5.41, 5.74) is 3.89. The molecule has 0 saturated carbocycles. The lowest BCUT2D eigenvalue weighted by Crippen LogP contribution is -2.40. The quantitative estimate of drug-likeness (QED) is 0.0730. The number of allylic oxidation sites excluding steroid dienone is 9. The van der Waals surface area contributed by atoms with Crippen molar-refractivity contribution in [2.45, 2.75) is 77.1 Å². The molecule has 4 nitrogen and oxygen atoms in total. The number of hydrogen-bond acceptors (Lipinski definition) is 3. The minimum Gasteiger partial charge on any atom is -0.381 e. The van der Waals surface area contributed by atoms with Gasteiger partial charge in [0.05, 0.1) is 23.1 Å². The second kappa shape index (κ2) is 16.5. The highest BCUT2D eigenvalue weighted by Crippen LogP contribution is 2.32. The van der Waals surface area contributed by atoms with Gasteiger partial charge < -0.3 is 15.5 Å². The van der Waals surface area contributed by atoms with E-state index in [1.807, 2.05) is 31.0 Å². The lowest BCUT2D eigenvalue weighted by Gasteiger charge is -2.35. The number of hydrogen-bond donors (Lipinski definition) is 2. The van der Waals surface area contributed by atoms with Gasteiger partial charge in [-0.25, -0.2) is 13.8 Å². The Labute approximate surface area is 257 Å². The van der Waals surface area contributed by atoms with Crippen molar-refractivity contribution in [1.82, 2.24) is 15.5 Å². The van der Waals surface area contributed by atoms with Crippen LogP contribution in [-0.2, 0) is 0 Å². The molecule has 0 aromatic carbocycles. The average Bonchev–Trinajstić information content (AvgIpc) is 2.98. The summed E-state index contributed by atoms with van der Waals surface area (Å²) in [4.78, 5) is 6.54. The van der Waals surface area contributed by atoms with E-state index in [9.17, 15) is 8.78 Å². The molecule has 2 N–H and O–H groups in total. The van der Waals surface area contributed by atoms with Gasteiger partial charge >= 0.3 is 0 Å². The normalized spacial score (nSPS) is 26.4. The van der Waals surface area contributed by atoms with E-state index in [1.54, 1.807) is 24.6 Å². The third-order valence-corrected chi connectivity index (χ3v) is 8.01. The van der Waals surface area contributed by atoms with E-state index in [1.165, 1.54) is 0 Å². The van der Waals surface area contributed by atoms with Crippen LogP contribution in [0.2, 0.25) is 0 Å². The van der Waals surface area contributed by atoms with Gasteiger partial charge in [0.15, 0.2) is 0 Å². The molecule has 0 fully saturated rings. The first kappa shape index (κ1) is 35.1. The van der Waals surface area contributed by atoms with Gasteiger partial charge in [0, 0.05) is 48.9 Å². The van der Waals surface area contributed by atoms with Crippen molar-refractivity contribution in [3.8, 4) is 0 Å². The summed E-state index contributed by atoms with van der Waals surface area (Å²) in [6.07, 6.45) is 18.7. The summed E-state index contributed by atoms with van der Waals surface area (Å²) < 4.78 is 28.1. The van der Waals surface area contributed by atoms with Gasteiger partial charge in [0.1, 0.15) is 0 Å². The van der Waals surface area contributed by atoms with Crippen molar-refractivity contribution in [2.75, 3.05) is 7.05 Å². The molecule has 0 amide bonds. The van der Waals surface area contributed by atoms with Crippen molar-refractivity contribution >= 4 is 17.9 Å². The fourth-order valence-electron chi connectivity index (χ4n) is 5.27. The Hall–Kier alpha value is -3.12. The molecule has 0 bridgehead atoms. The van der Waals surface area contributed by atoms with Gasteiger partial charge in [-0.2, -0.15) is 0 Å². The molecule has 230 valence electrons. The van der Waals surface area contributed by atoms with Crippen LogP contribution in [0.3, 0.4) is 0 Å². The number of nitrogens with one attached hydrogen (secondary N) is 2.